The van der Waals surface area contributed by atoms with Crippen molar-refractivity contribution in [3.05, 3.63) is 29.8 Å². The molecule has 2 fully saturated rings. The molecule has 1 atom stereocenters. The van der Waals surface area contributed by atoms with Crippen LogP contribution in [0.1, 0.15) is 50.6 Å². The first kappa shape index (κ1) is 24.3. The third-order valence-electron chi connectivity index (χ3n) is 6.22. The summed E-state index contributed by atoms with van der Waals surface area (Å²) in [5, 5.41) is 11.0. The van der Waals surface area contributed by atoms with E-state index in [0.717, 1.165) is 64.2 Å². The average Bonchev–Trinajstić information content (AvgIpc) is 2.74. The highest BCUT2D eigenvalue weighted by Crippen LogP contribution is 2.44. The van der Waals surface area contributed by atoms with Gasteiger partial charge in [-0.15, -0.1) is 0 Å². The lowest BCUT2D eigenvalue weighted by atomic mass is 9.80. The van der Waals surface area contributed by atoms with Crippen molar-refractivity contribution in [2.24, 2.45) is 0 Å². The zero-order chi connectivity index (χ0) is 23.4. The first-order chi connectivity index (χ1) is 15.1. The molecule has 2 saturated heterocycles. The Morgan fingerprint density at radius 3 is 2.31 bits per heavy atom. The number of hydrogen-bond acceptors (Lipinski definition) is 5. The monoisotopic (exact) mass is 458 g/mol. The molecule has 3 heterocycles. The minimum absolute atomic E-state index is 0.150. The van der Waals surface area contributed by atoms with Crippen molar-refractivity contribution in [2.45, 2.75) is 62.9 Å². The number of halogens is 3. The van der Waals surface area contributed by atoms with Crippen molar-refractivity contribution >= 4 is 11.9 Å². The normalized spacial score (nSPS) is 22.9. The second-order valence-corrected chi connectivity index (χ2v) is 8.44. The summed E-state index contributed by atoms with van der Waals surface area (Å²) < 4.78 is 43.7. The maximum Gasteiger partial charge on any atom is 0.490 e. The van der Waals surface area contributed by atoms with Crippen molar-refractivity contribution in [3.63, 3.8) is 0 Å². The lowest BCUT2D eigenvalue weighted by Crippen LogP contribution is -2.53. The van der Waals surface area contributed by atoms with Crippen LogP contribution in [0.5, 0.6) is 5.75 Å². The third-order valence-corrected chi connectivity index (χ3v) is 6.22. The minimum Gasteiger partial charge on any atom is -0.487 e. The van der Waals surface area contributed by atoms with Gasteiger partial charge in [0.25, 0.3) is 0 Å². The number of fused-ring (bicyclic) bond motifs is 1. The highest BCUT2D eigenvalue weighted by Gasteiger charge is 2.44. The van der Waals surface area contributed by atoms with Crippen molar-refractivity contribution in [1.82, 2.24) is 10.2 Å². The molecule has 7 nitrogen and oxygen atoms in total. The van der Waals surface area contributed by atoms with Crippen LogP contribution in [0.25, 0.3) is 0 Å². The summed E-state index contributed by atoms with van der Waals surface area (Å²) >= 11 is 0. The van der Waals surface area contributed by atoms with Gasteiger partial charge in [-0.1, -0.05) is 18.2 Å². The second kappa shape index (κ2) is 10.1. The van der Waals surface area contributed by atoms with Crippen molar-refractivity contribution in [3.8, 4) is 5.75 Å². The molecule has 1 aromatic rings. The molecule has 0 saturated carbocycles. The van der Waals surface area contributed by atoms with E-state index in [1.54, 1.807) is 6.92 Å². The number of piperidine rings is 1. The molecule has 3 aliphatic rings. The zero-order valence-corrected chi connectivity index (χ0v) is 18.0. The van der Waals surface area contributed by atoms with E-state index in [2.05, 4.69) is 23.5 Å². The Kier molecular flexibility index (Phi) is 7.66. The van der Waals surface area contributed by atoms with Crippen LogP contribution in [0, 0.1) is 0 Å². The number of likely N-dealkylation sites (tertiary alicyclic amines) is 1. The fraction of sp³-hybridized carbons (Fsp3) is 0.636. The summed E-state index contributed by atoms with van der Waals surface area (Å²) in [4.78, 5) is 22.5. The molecule has 0 radical (unpaired) electrons. The summed E-state index contributed by atoms with van der Waals surface area (Å²) in [6.45, 7) is 4.94. The van der Waals surface area contributed by atoms with E-state index in [1.807, 2.05) is 11.0 Å². The number of alkyl halides is 3. The quantitative estimate of drug-likeness (QED) is 0.707. The van der Waals surface area contributed by atoms with E-state index in [0.29, 0.717) is 12.1 Å². The molecule has 1 aromatic carbocycles. The maximum atomic E-state index is 11.7. The van der Waals surface area contributed by atoms with Crippen LogP contribution >= 0.6 is 0 Å². The lowest BCUT2D eigenvalue weighted by Gasteiger charge is -2.47. The molecule has 1 unspecified atom stereocenters. The Morgan fingerprint density at radius 1 is 1.16 bits per heavy atom. The molecule has 2 N–H and O–H groups in total. The Balaban J connectivity index is 0.000000360. The molecule has 4 rings (SSSR count). The van der Waals surface area contributed by atoms with Crippen molar-refractivity contribution < 1.29 is 37.3 Å². The molecular formula is C22H29F3N2O5. The highest BCUT2D eigenvalue weighted by molar-refractivity contribution is 5.73. The lowest BCUT2D eigenvalue weighted by molar-refractivity contribution is -0.192. The summed E-state index contributed by atoms with van der Waals surface area (Å²) in [5.74, 6) is -1.58. The Morgan fingerprint density at radius 2 is 1.75 bits per heavy atom. The molecule has 3 aliphatic heterocycles. The molecule has 1 amide bonds. The van der Waals surface area contributed by atoms with E-state index in [1.165, 1.54) is 5.56 Å². The maximum absolute atomic E-state index is 11.7. The minimum atomic E-state index is -5.08. The van der Waals surface area contributed by atoms with Crippen molar-refractivity contribution in [1.29, 1.82) is 0 Å². The molecule has 0 aromatic heterocycles. The topological polar surface area (TPSA) is 88.1 Å². The number of carbonyl (C=O) groups is 2. The van der Waals surface area contributed by atoms with E-state index < -0.39 is 12.1 Å². The standard InChI is InChI=1S/C20H28N2O3.C2HF3O2/c1-15(23)22-10-8-20(9-11-22)14-18(21-16-6-12-24-13-7-16)17-4-2-3-5-19(17)25-20;3-2(4,5)1(6)7/h2-5,16,18,21H,6-14H2,1H3;(H,6,7). The number of hydrogen-bond donors (Lipinski definition) is 2. The summed E-state index contributed by atoms with van der Waals surface area (Å²) in [7, 11) is 0. The van der Waals surface area contributed by atoms with Crippen LogP contribution in [-0.4, -0.2) is 66.0 Å². The molecule has 178 valence electrons. The van der Waals surface area contributed by atoms with Gasteiger partial charge in [-0.3, -0.25) is 4.79 Å². The van der Waals surface area contributed by atoms with Gasteiger partial charge in [-0.25, -0.2) is 4.79 Å². The van der Waals surface area contributed by atoms with E-state index in [4.69, 9.17) is 19.4 Å². The van der Waals surface area contributed by atoms with Crippen molar-refractivity contribution in [2.75, 3.05) is 26.3 Å². The number of nitrogens with one attached hydrogen (secondary N) is 1. The SMILES string of the molecule is CC(=O)N1CCC2(CC1)CC(NC1CCOCC1)c1ccccc1O2.O=C(O)C(F)(F)F. The van der Waals surface area contributed by atoms with E-state index >= 15 is 0 Å². The van der Waals surface area contributed by atoms with Gasteiger partial charge in [0.2, 0.25) is 5.91 Å². The number of para-hydroxylation sites is 1. The van der Waals surface area contributed by atoms with Crippen LogP contribution in [0.4, 0.5) is 13.2 Å². The van der Waals surface area contributed by atoms with Gasteiger partial charge in [-0.2, -0.15) is 13.2 Å². The number of benzene rings is 1. The van der Waals surface area contributed by atoms with Gasteiger partial charge in [0.05, 0.1) is 0 Å². The fourth-order valence-electron chi connectivity index (χ4n) is 4.45. The highest BCUT2D eigenvalue weighted by atomic mass is 19.4. The number of carboxylic acid groups (broad SMARTS) is 1. The van der Waals surface area contributed by atoms with Gasteiger partial charge in [0, 0.05) is 70.1 Å². The molecule has 0 bridgehead atoms. The first-order valence-corrected chi connectivity index (χ1v) is 10.8. The van der Waals surface area contributed by atoms with Gasteiger partial charge in [-0.05, 0) is 18.9 Å². The predicted octanol–water partition coefficient (Wildman–Crippen LogP) is 3.29. The number of carboxylic acids is 1. The van der Waals surface area contributed by atoms with Gasteiger partial charge in [0.15, 0.2) is 0 Å². The fourth-order valence-corrected chi connectivity index (χ4v) is 4.45. The Bertz CT molecular complexity index is 803. The van der Waals surface area contributed by atoms with Crippen LogP contribution in [-0.2, 0) is 14.3 Å². The van der Waals surface area contributed by atoms with Crippen LogP contribution in [0.2, 0.25) is 0 Å². The van der Waals surface area contributed by atoms with E-state index in [9.17, 15) is 18.0 Å². The summed E-state index contributed by atoms with van der Waals surface area (Å²) in [5.41, 5.74) is 1.12. The molecule has 1 spiro atoms. The number of rotatable bonds is 2. The van der Waals surface area contributed by atoms with E-state index in [-0.39, 0.29) is 11.5 Å². The number of carbonyl (C=O) groups excluding carboxylic acids is 1. The number of aliphatic carboxylic acids is 1. The van der Waals surface area contributed by atoms with Gasteiger partial charge in [0.1, 0.15) is 11.4 Å². The molecular weight excluding hydrogens is 429 g/mol. The number of ether oxygens (including phenoxy) is 2. The van der Waals surface area contributed by atoms with Crippen LogP contribution < -0.4 is 10.1 Å². The average molecular weight is 458 g/mol. The zero-order valence-electron chi connectivity index (χ0n) is 18.0. The first-order valence-electron chi connectivity index (χ1n) is 10.8. The Hall–Kier alpha value is -2.33. The van der Waals surface area contributed by atoms with Gasteiger partial charge >= 0.3 is 12.1 Å². The number of nitrogens with zero attached hydrogens (tertiary/aromatic N) is 1. The van der Waals surface area contributed by atoms with Crippen LogP contribution in [0.3, 0.4) is 0 Å². The second-order valence-electron chi connectivity index (χ2n) is 8.44. The largest absolute Gasteiger partial charge is 0.490 e. The smallest absolute Gasteiger partial charge is 0.487 e. The van der Waals surface area contributed by atoms with Gasteiger partial charge < -0.3 is 24.8 Å². The number of amides is 1. The Labute approximate surface area is 184 Å². The molecule has 32 heavy (non-hydrogen) atoms. The third kappa shape index (κ3) is 6.13. The summed E-state index contributed by atoms with van der Waals surface area (Å²) in [6.07, 6.45) is -0.137. The predicted molar refractivity (Wildman–Crippen MR) is 109 cm³/mol. The molecule has 0 aliphatic carbocycles. The van der Waals surface area contributed by atoms with Crippen LogP contribution in [0.15, 0.2) is 24.3 Å². The molecule has 10 heteroatoms. The summed E-state index contributed by atoms with van der Waals surface area (Å²) in [6, 6.07) is 9.25.